The number of hydrazone groups is 1. The second-order valence-corrected chi connectivity index (χ2v) is 6.52. The molecular formula is C21H29N5. The van der Waals surface area contributed by atoms with Crippen molar-refractivity contribution in [2.24, 2.45) is 5.10 Å². The van der Waals surface area contributed by atoms with E-state index < -0.39 is 0 Å². The minimum atomic E-state index is 0.602. The number of hydrogen-bond donors (Lipinski definition) is 3. The van der Waals surface area contributed by atoms with E-state index in [2.05, 4.69) is 12.0 Å². The fourth-order valence-corrected chi connectivity index (χ4v) is 2.73. The number of benzene rings is 2. The van der Waals surface area contributed by atoms with Crippen LogP contribution in [0.15, 0.2) is 41.5 Å². The highest BCUT2D eigenvalue weighted by molar-refractivity contribution is 5.91. The molecule has 0 unspecified atom stereocenters. The van der Waals surface area contributed by atoms with Crippen molar-refractivity contribution in [2.45, 2.75) is 32.6 Å². The number of nitrogens with zero attached hydrogens (tertiary/aromatic N) is 2. The highest BCUT2D eigenvalue weighted by Gasteiger charge is 2.05. The summed E-state index contributed by atoms with van der Waals surface area (Å²) < 4.78 is 0. The van der Waals surface area contributed by atoms with Gasteiger partial charge in [-0.05, 0) is 41.8 Å². The van der Waals surface area contributed by atoms with E-state index in [1.165, 1.54) is 25.5 Å². The zero-order valence-corrected chi connectivity index (χ0v) is 15.7. The summed E-state index contributed by atoms with van der Waals surface area (Å²) in [7, 11) is 1.98. The minimum Gasteiger partial charge on any atom is -0.398 e. The summed E-state index contributed by atoms with van der Waals surface area (Å²) >= 11 is 0. The van der Waals surface area contributed by atoms with E-state index in [9.17, 15) is 0 Å². The lowest BCUT2D eigenvalue weighted by Crippen LogP contribution is -2.13. The molecule has 0 saturated carbocycles. The fourth-order valence-electron chi connectivity index (χ4n) is 2.73. The molecule has 0 fully saturated rings. The molecule has 0 aliphatic carbocycles. The average molecular weight is 351 g/mol. The largest absolute Gasteiger partial charge is 0.398 e. The molecule has 5 heteroatoms. The Labute approximate surface area is 156 Å². The van der Waals surface area contributed by atoms with Crippen LogP contribution in [0, 0.1) is 5.41 Å². The Kier molecular flexibility index (Phi) is 7.21. The zero-order valence-electron chi connectivity index (χ0n) is 15.7. The number of anilines is 2. The van der Waals surface area contributed by atoms with Crippen molar-refractivity contribution in [2.75, 3.05) is 25.1 Å². The van der Waals surface area contributed by atoms with Crippen LogP contribution in [0.1, 0.15) is 43.7 Å². The van der Waals surface area contributed by atoms with E-state index >= 15 is 0 Å². The van der Waals surface area contributed by atoms with Crippen LogP contribution in [-0.2, 0) is 0 Å². The van der Waals surface area contributed by atoms with Gasteiger partial charge in [0.15, 0.2) is 0 Å². The monoisotopic (exact) mass is 351 g/mol. The molecule has 0 saturated heterocycles. The Bertz CT molecular complexity index is 767. The normalized spacial score (nSPS) is 11.0. The standard InChI is InChI=1S/C21H29N5/c1-3-4-5-6-11-26(2)25-15-19-13-17(8-10-21(19)24)16-7-9-20(23)18(12-16)14-22/h7-10,12-15,22H,3-6,11,23-24H2,1-2H3/b22-14?,25-15+. The van der Waals surface area contributed by atoms with Crippen LogP contribution < -0.4 is 11.5 Å². The number of hydrogen-bond acceptors (Lipinski definition) is 5. The van der Waals surface area contributed by atoms with E-state index in [1.54, 1.807) is 0 Å². The lowest BCUT2D eigenvalue weighted by molar-refractivity contribution is 0.344. The number of nitrogens with two attached hydrogens (primary N) is 2. The molecule has 0 radical (unpaired) electrons. The van der Waals surface area contributed by atoms with Crippen molar-refractivity contribution >= 4 is 23.8 Å². The van der Waals surface area contributed by atoms with Gasteiger partial charge in [0, 0.05) is 42.3 Å². The molecular weight excluding hydrogens is 322 g/mol. The van der Waals surface area contributed by atoms with E-state index in [0.717, 1.165) is 29.7 Å². The third kappa shape index (κ3) is 5.34. The summed E-state index contributed by atoms with van der Waals surface area (Å²) in [5, 5.41) is 13.9. The predicted molar refractivity (Wildman–Crippen MR) is 113 cm³/mol. The van der Waals surface area contributed by atoms with Crippen LogP contribution >= 0.6 is 0 Å². The van der Waals surface area contributed by atoms with E-state index in [0.29, 0.717) is 16.9 Å². The van der Waals surface area contributed by atoms with Crippen molar-refractivity contribution in [1.29, 1.82) is 5.41 Å². The van der Waals surface area contributed by atoms with Gasteiger partial charge in [0.25, 0.3) is 0 Å². The maximum Gasteiger partial charge on any atom is 0.0563 e. The summed E-state index contributed by atoms with van der Waals surface area (Å²) in [6, 6.07) is 11.6. The number of rotatable bonds is 9. The number of nitrogens with one attached hydrogen (secondary N) is 1. The van der Waals surface area contributed by atoms with Crippen LogP contribution in [0.3, 0.4) is 0 Å². The molecule has 0 spiro atoms. The molecule has 2 rings (SSSR count). The number of nitrogen functional groups attached to an aromatic ring is 2. The van der Waals surface area contributed by atoms with Gasteiger partial charge in [0.1, 0.15) is 0 Å². The first kappa shape index (κ1) is 19.5. The topological polar surface area (TPSA) is 91.5 Å². The van der Waals surface area contributed by atoms with Crippen molar-refractivity contribution in [3.8, 4) is 11.1 Å². The molecule has 0 heterocycles. The Morgan fingerprint density at radius 3 is 2.19 bits per heavy atom. The quantitative estimate of drug-likeness (QED) is 0.271. The third-order valence-corrected chi connectivity index (χ3v) is 4.39. The molecule has 138 valence electrons. The first-order chi connectivity index (χ1) is 12.5. The van der Waals surface area contributed by atoms with Gasteiger partial charge in [-0.25, -0.2) is 0 Å². The van der Waals surface area contributed by atoms with Gasteiger partial charge in [-0.1, -0.05) is 38.3 Å². The Hall–Kier alpha value is -2.82. The summed E-state index contributed by atoms with van der Waals surface area (Å²) in [4.78, 5) is 0. The molecule has 0 bridgehead atoms. The van der Waals surface area contributed by atoms with Crippen molar-refractivity contribution in [3.63, 3.8) is 0 Å². The van der Waals surface area contributed by atoms with Crippen LogP contribution in [0.5, 0.6) is 0 Å². The average Bonchev–Trinajstić information content (AvgIpc) is 2.65. The first-order valence-electron chi connectivity index (χ1n) is 9.10. The molecule has 0 amide bonds. The Balaban J connectivity index is 2.14. The summed E-state index contributed by atoms with van der Waals surface area (Å²) in [5.74, 6) is 0. The van der Waals surface area contributed by atoms with Gasteiger partial charge in [-0.15, -0.1) is 0 Å². The summed E-state index contributed by atoms with van der Waals surface area (Å²) in [6.07, 6.45) is 7.97. The maximum absolute atomic E-state index is 7.46. The van der Waals surface area contributed by atoms with Gasteiger partial charge < -0.3 is 21.9 Å². The molecule has 0 aromatic heterocycles. The molecule has 2 aromatic carbocycles. The van der Waals surface area contributed by atoms with Crippen LogP contribution in [0.2, 0.25) is 0 Å². The highest BCUT2D eigenvalue weighted by Crippen LogP contribution is 2.25. The minimum absolute atomic E-state index is 0.602. The molecule has 0 atom stereocenters. The second-order valence-electron chi connectivity index (χ2n) is 6.52. The van der Waals surface area contributed by atoms with Gasteiger partial charge in [0.2, 0.25) is 0 Å². The molecule has 0 aliphatic rings. The fraction of sp³-hybridized carbons (Fsp3) is 0.333. The Morgan fingerprint density at radius 2 is 1.58 bits per heavy atom. The molecule has 5 nitrogen and oxygen atoms in total. The SMILES string of the molecule is CCCCCCN(C)/N=C/c1cc(-c2ccc(N)c(C=N)c2)ccc1N. The molecule has 5 N–H and O–H groups in total. The maximum atomic E-state index is 7.46. The van der Waals surface area contributed by atoms with Gasteiger partial charge in [-0.3, -0.25) is 0 Å². The van der Waals surface area contributed by atoms with Crippen molar-refractivity contribution in [3.05, 3.63) is 47.5 Å². The van der Waals surface area contributed by atoms with Crippen molar-refractivity contribution < 1.29 is 0 Å². The Morgan fingerprint density at radius 1 is 0.962 bits per heavy atom. The summed E-state index contributed by atoms with van der Waals surface area (Å²) in [6.45, 7) is 3.15. The van der Waals surface area contributed by atoms with Crippen LogP contribution in [0.25, 0.3) is 11.1 Å². The second kappa shape index (κ2) is 9.61. The summed E-state index contributed by atoms with van der Waals surface area (Å²) in [5.41, 5.74) is 16.9. The van der Waals surface area contributed by atoms with Crippen molar-refractivity contribution in [1.82, 2.24) is 5.01 Å². The van der Waals surface area contributed by atoms with Gasteiger partial charge in [0.05, 0.1) is 6.21 Å². The molecule has 26 heavy (non-hydrogen) atoms. The van der Waals surface area contributed by atoms with E-state index in [-0.39, 0.29) is 0 Å². The smallest absolute Gasteiger partial charge is 0.0563 e. The first-order valence-corrected chi connectivity index (χ1v) is 9.10. The van der Waals surface area contributed by atoms with Gasteiger partial charge >= 0.3 is 0 Å². The van der Waals surface area contributed by atoms with Gasteiger partial charge in [-0.2, -0.15) is 5.10 Å². The van der Waals surface area contributed by atoms with Crippen LogP contribution in [-0.4, -0.2) is 31.0 Å². The third-order valence-electron chi connectivity index (χ3n) is 4.39. The highest BCUT2D eigenvalue weighted by atomic mass is 15.4. The van der Waals surface area contributed by atoms with E-state index in [4.69, 9.17) is 16.9 Å². The molecule has 2 aromatic rings. The van der Waals surface area contributed by atoms with E-state index in [1.807, 2.05) is 54.7 Å². The predicted octanol–water partition coefficient (Wildman–Crippen LogP) is 4.36. The zero-order chi connectivity index (χ0) is 18.9. The van der Waals surface area contributed by atoms with Crippen LogP contribution in [0.4, 0.5) is 11.4 Å². The number of unbranched alkanes of at least 4 members (excludes halogenated alkanes) is 3. The molecule has 0 aliphatic heterocycles. The lowest BCUT2D eigenvalue weighted by Gasteiger charge is -2.13. The lowest BCUT2D eigenvalue weighted by atomic mass is 10.00.